The van der Waals surface area contributed by atoms with E-state index < -0.39 is 69.5 Å². The van der Waals surface area contributed by atoms with E-state index in [-0.39, 0.29) is 44.4 Å². The smallest absolute Gasteiger partial charge is 0.411 e. The predicted octanol–water partition coefficient (Wildman–Crippen LogP) is 11.4. The summed E-state index contributed by atoms with van der Waals surface area (Å²) in [6.07, 6.45) is 2.56. The van der Waals surface area contributed by atoms with Crippen LogP contribution in [-0.4, -0.2) is 178 Å². The Morgan fingerprint density at radius 1 is 0.351 bits per heavy atom. The zero-order chi connectivity index (χ0) is 80.4. The fourth-order valence-corrected chi connectivity index (χ4v) is 54.2. The van der Waals surface area contributed by atoms with Crippen LogP contribution in [0, 0.1) is 0 Å². The second-order valence-corrected chi connectivity index (χ2v) is 56.0. The summed E-state index contributed by atoms with van der Waals surface area (Å²) in [6.45, 7) is 28.2. The van der Waals surface area contributed by atoms with E-state index in [1.807, 2.05) is 202 Å². The van der Waals surface area contributed by atoms with E-state index in [2.05, 4.69) is 99.1 Å². The maximum atomic E-state index is 7.53. The number of alkyl halides is 2. The Balaban J connectivity index is 0.000000351. The van der Waals surface area contributed by atoms with E-state index in [0.717, 1.165) is 136 Å². The average Bonchev–Trinajstić information content (AvgIpc) is 0.742. The summed E-state index contributed by atoms with van der Waals surface area (Å²) >= 11 is 36.6. The first-order chi connectivity index (χ1) is 53.4. The fourth-order valence-electron chi connectivity index (χ4n) is 12.6. The van der Waals surface area contributed by atoms with Gasteiger partial charge in [0.05, 0.1) is 0 Å². The molecule has 8 unspecified atom stereocenters. The van der Waals surface area contributed by atoms with Crippen LogP contribution in [0.4, 0.5) is 0 Å². The Morgan fingerprint density at radius 3 is 0.789 bits per heavy atom. The molecule has 0 radical (unpaired) electrons. The summed E-state index contributed by atoms with van der Waals surface area (Å²) in [5, 5.41) is 6.88. The molecule has 16 nitrogen and oxygen atoms in total. The molecule has 33 heteroatoms. The van der Waals surface area contributed by atoms with Crippen LogP contribution in [0.5, 0.6) is 0 Å². The maximum absolute atomic E-state index is 7.53. The van der Waals surface area contributed by atoms with Crippen molar-refractivity contribution in [3.05, 3.63) is 241 Å². The van der Waals surface area contributed by atoms with Gasteiger partial charge < -0.3 is 94.9 Å². The van der Waals surface area contributed by atoms with Crippen LogP contribution in [0.25, 0.3) is 0 Å². The van der Waals surface area contributed by atoms with Crippen LogP contribution in [0.2, 0.25) is 26.2 Å². The monoisotopic (exact) mass is 1850 g/mol. The largest absolute Gasteiger partial charge is 1.00 e. The van der Waals surface area contributed by atoms with Gasteiger partial charge in [0.15, 0.2) is 0 Å². The summed E-state index contributed by atoms with van der Waals surface area (Å²) in [6, 6.07) is 72.5. The maximum Gasteiger partial charge on any atom is 1.00 e. The summed E-state index contributed by atoms with van der Waals surface area (Å²) in [5.74, 6) is 2.31. The van der Waals surface area contributed by atoms with Crippen molar-refractivity contribution < 1.29 is 84.9 Å². The second-order valence-electron chi connectivity index (χ2n) is 26.4. The number of thioether (sulfide) groups is 2. The van der Waals surface area contributed by atoms with Crippen LogP contribution in [0.15, 0.2) is 218 Å². The standard InChI is InChI=1S/C40H54N2O6S4Si4.C30H34Cl2O6Si4.C5H11NS2.C4H8O.2CH4.Na/c1-9-41(10-2)39(49)51-31-33-23-27-36(28-24-33)54(8)45-53(7,35-19-15-13-16-20-35)46-56(44-6,48-55(43-5,47-54)37-21-17-14-18-22-37)38-29-25-34(26-30-38)32-52-40(50)42(11-3)12-4;1-33-41(29-13-9-6-10-14-29)37-40(4,28-19-15-25(23-31)16-20-28)35-39(3,27-11-7-5-8-12-27)36-42(34-2,38-41)30-21-17-26(24-32)18-22-30;1-3-6(4-2)5(7)8;1-2-4-5-3-1;;;/h13-30H,9-12,31-32H2,1-8H3;5-22H,23-24H2,1-4H3;3-4H2,1-2H3,(H,7,8);1-4H2;2*1H4;/q;;;;;;+1/p-1. The average molecular weight is 1850 g/mol. The number of thiocarbonyl (C=S) groups is 3. The van der Waals surface area contributed by atoms with E-state index >= 15 is 0 Å². The third kappa shape index (κ3) is 26.3. The van der Waals surface area contributed by atoms with Crippen molar-refractivity contribution in [2.24, 2.45) is 0 Å². The van der Waals surface area contributed by atoms with Crippen molar-refractivity contribution >= 4 is 220 Å². The molecule has 8 aromatic carbocycles. The molecule has 3 aliphatic heterocycles. The van der Waals surface area contributed by atoms with Crippen molar-refractivity contribution in [2.45, 2.75) is 119 Å². The molecule has 0 spiro atoms. The molecule has 3 fully saturated rings. The molecule has 8 atom stereocenters. The minimum absolute atomic E-state index is 0. The molecule has 0 aliphatic carbocycles. The van der Waals surface area contributed by atoms with Gasteiger partial charge in [0.25, 0.3) is 0 Å². The number of benzene rings is 8. The van der Waals surface area contributed by atoms with Crippen molar-refractivity contribution in [1.29, 1.82) is 0 Å². The fraction of sp³-hybridized carbons (Fsp3) is 0.370. The number of halogens is 2. The first kappa shape index (κ1) is 102. The van der Waals surface area contributed by atoms with Gasteiger partial charge in [0, 0.05) is 125 Å². The number of rotatable bonds is 24. The minimum Gasteiger partial charge on any atom is -0.411 e. The van der Waals surface area contributed by atoms with E-state index in [9.17, 15) is 0 Å². The molecule has 0 saturated carbocycles. The van der Waals surface area contributed by atoms with Gasteiger partial charge in [-0.2, -0.15) is 0 Å². The Bertz CT molecular complexity index is 4170. The first-order valence-corrected chi connectivity index (χ1v) is 58.1. The topological polar surface area (TPSA) is 130 Å². The number of hydrogen-bond acceptors (Lipinski definition) is 19. The summed E-state index contributed by atoms with van der Waals surface area (Å²) in [5.41, 5.74) is 4.27. The molecule has 614 valence electrons. The summed E-state index contributed by atoms with van der Waals surface area (Å²) in [4.78, 5) is 6.36. The molecule has 3 heterocycles. The van der Waals surface area contributed by atoms with Crippen LogP contribution < -0.4 is 71.1 Å². The summed E-state index contributed by atoms with van der Waals surface area (Å²) in [7, 11) is -22.2. The quantitative estimate of drug-likeness (QED) is 0.0246. The molecular weight excluding hydrogens is 1730 g/mol. The van der Waals surface area contributed by atoms with E-state index in [0.29, 0.717) is 16.1 Å². The van der Waals surface area contributed by atoms with Gasteiger partial charge in [-0.05, 0) is 124 Å². The van der Waals surface area contributed by atoms with Gasteiger partial charge >= 0.3 is 99.0 Å². The van der Waals surface area contributed by atoms with Crippen molar-refractivity contribution in [3.8, 4) is 0 Å². The zero-order valence-corrected chi connectivity index (χ0v) is 83.4. The molecule has 0 N–H and O–H groups in total. The second kappa shape index (κ2) is 48.7. The van der Waals surface area contributed by atoms with Crippen LogP contribution in [0.1, 0.15) is 91.5 Å². The molecule has 114 heavy (non-hydrogen) atoms. The predicted molar refractivity (Wildman–Crippen MR) is 504 cm³/mol. The van der Waals surface area contributed by atoms with Gasteiger partial charge in [-0.25, -0.2) is 0 Å². The van der Waals surface area contributed by atoms with Crippen LogP contribution >= 0.6 is 83.4 Å². The van der Waals surface area contributed by atoms with E-state index in [4.69, 9.17) is 128 Å². The van der Waals surface area contributed by atoms with Crippen molar-refractivity contribution in [1.82, 2.24) is 14.7 Å². The molecule has 11 rings (SSSR count). The molecule has 0 aromatic heterocycles. The van der Waals surface area contributed by atoms with E-state index in [1.54, 1.807) is 52.0 Å². The molecule has 3 aliphatic rings. The van der Waals surface area contributed by atoms with Gasteiger partial charge in [0.2, 0.25) is 0 Å². The van der Waals surface area contributed by atoms with Crippen molar-refractivity contribution in [2.75, 3.05) is 80.9 Å². The molecule has 8 aromatic rings. The minimum atomic E-state index is -3.87. The van der Waals surface area contributed by atoms with Crippen LogP contribution in [0.3, 0.4) is 0 Å². The Kier molecular flexibility index (Phi) is 43.4. The Labute approximate surface area is 752 Å². The normalized spacial score (nSPS) is 23.8. The van der Waals surface area contributed by atoms with Crippen molar-refractivity contribution in [3.63, 3.8) is 0 Å². The Hall–Kier alpha value is -2.85. The van der Waals surface area contributed by atoms with Gasteiger partial charge in [-0.15, -0.1) is 23.2 Å². The number of nitrogens with zero attached hydrogens (tertiary/aromatic N) is 3. The SMILES string of the molecule is C.C.C1CCOC1.CCN(CC)C(=S)SCc1ccc([Si]2(C)O[Si](C)(c3ccccc3)O[Si](OC)(c3ccc(CSC(=S)N(CC)CC)cc3)O[Si](OC)(c3ccccc3)O2)cc1.CCN(CC)C(=S)[S-].CO[Si]1(c2ccccc2)O[Si](C)(c2ccc(CCl)cc2)O[Si](C)(c2ccccc2)O[Si](OC)(c2ccc(CCl)cc2)O1.[Na+]. The summed E-state index contributed by atoms with van der Waals surface area (Å²) < 4.78 is 92.1. The number of ether oxygens (including phenoxy) is 1. The van der Waals surface area contributed by atoms with Crippen LogP contribution in [-0.2, 0) is 91.3 Å². The third-order valence-corrected chi connectivity index (χ3v) is 56.3. The van der Waals surface area contributed by atoms with Gasteiger partial charge in [0.1, 0.15) is 8.64 Å². The first-order valence-electron chi connectivity index (χ1n) is 37.3. The molecular formula is C81H114Cl2N3NaO13S6Si8. The third-order valence-electron chi connectivity index (χ3n) is 19.1. The van der Waals surface area contributed by atoms with Gasteiger partial charge in [-0.1, -0.05) is 286 Å². The zero-order valence-electron chi connectivity index (χ0n) is 67.0. The Morgan fingerprint density at radius 2 is 0.579 bits per heavy atom. The number of hydrogen-bond donors (Lipinski definition) is 0. The molecule has 0 amide bonds. The van der Waals surface area contributed by atoms with Gasteiger partial charge in [-0.3, -0.25) is 0 Å². The molecule has 3 saturated heterocycles. The van der Waals surface area contributed by atoms with E-state index in [1.165, 1.54) is 12.8 Å². The molecule has 0 bridgehead atoms.